The lowest BCUT2D eigenvalue weighted by atomic mass is 9.86. The molecule has 2 aromatic rings. The molecule has 4 nitrogen and oxygen atoms in total. The number of hydrogen-bond acceptors (Lipinski definition) is 3. The van der Waals surface area contributed by atoms with E-state index in [1.807, 2.05) is 12.3 Å². The molecule has 1 fully saturated rings. The zero-order chi connectivity index (χ0) is 13.5. The van der Waals surface area contributed by atoms with Gasteiger partial charge in [-0.05, 0) is 24.6 Å². The molecule has 0 spiro atoms. The van der Waals surface area contributed by atoms with Crippen molar-refractivity contribution in [3.8, 4) is 11.3 Å². The highest BCUT2D eigenvalue weighted by atomic mass is 79.9. The first kappa shape index (κ1) is 12.8. The summed E-state index contributed by atoms with van der Waals surface area (Å²) in [6, 6.07) is 6.15. The van der Waals surface area contributed by atoms with Gasteiger partial charge >= 0.3 is 0 Å². The third-order valence-corrected chi connectivity index (χ3v) is 4.12. The number of aliphatic hydroxyl groups is 1. The number of imidazole rings is 1. The van der Waals surface area contributed by atoms with Crippen LogP contribution >= 0.6 is 15.9 Å². The normalized spacial score (nSPS) is 17.2. The van der Waals surface area contributed by atoms with Crippen LogP contribution in [0.25, 0.3) is 11.3 Å². The van der Waals surface area contributed by atoms with Crippen molar-refractivity contribution in [3.05, 3.63) is 40.3 Å². The van der Waals surface area contributed by atoms with E-state index in [0.29, 0.717) is 13.2 Å². The number of H-pyrrole nitrogens is 1. The molecule has 1 aliphatic rings. The van der Waals surface area contributed by atoms with Gasteiger partial charge in [0.2, 0.25) is 0 Å². The second-order valence-electron chi connectivity index (χ2n) is 5.04. The Morgan fingerprint density at radius 2 is 2.26 bits per heavy atom. The van der Waals surface area contributed by atoms with E-state index in [1.54, 1.807) is 0 Å². The minimum atomic E-state index is -0.349. The van der Waals surface area contributed by atoms with Crippen molar-refractivity contribution < 1.29 is 9.84 Å². The molecule has 1 aromatic carbocycles. The van der Waals surface area contributed by atoms with Crippen molar-refractivity contribution in [3.63, 3.8) is 0 Å². The maximum atomic E-state index is 9.52. The minimum Gasteiger partial charge on any atom is -0.395 e. The predicted molar refractivity (Wildman–Crippen MR) is 76.0 cm³/mol. The number of aryl methyl sites for hydroxylation is 1. The average Bonchev–Trinajstić information content (AvgIpc) is 2.81. The van der Waals surface area contributed by atoms with E-state index in [0.717, 1.165) is 21.6 Å². The van der Waals surface area contributed by atoms with Gasteiger partial charge < -0.3 is 14.8 Å². The van der Waals surface area contributed by atoms with E-state index in [1.165, 1.54) is 5.56 Å². The summed E-state index contributed by atoms with van der Waals surface area (Å²) < 4.78 is 6.25. The van der Waals surface area contributed by atoms with Gasteiger partial charge in [0.1, 0.15) is 5.82 Å². The van der Waals surface area contributed by atoms with Gasteiger partial charge in [0.15, 0.2) is 0 Å². The molecule has 0 radical (unpaired) electrons. The zero-order valence-corrected chi connectivity index (χ0v) is 12.2. The van der Waals surface area contributed by atoms with Gasteiger partial charge in [-0.25, -0.2) is 4.98 Å². The maximum absolute atomic E-state index is 9.52. The van der Waals surface area contributed by atoms with Gasteiger partial charge in [0, 0.05) is 10.0 Å². The monoisotopic (exact) mass is 322 g/mol. The highest BCUT2D eigenvalue weighted by molar-refractivity contribution is 9.10. The lowest BCUT2D eigenvalue weighted by Gasteiger charge is -2.37. The number of hydrogen-bond donors (Lipinski definition) is 2. The molecule has 0 bridgehead atoms. The van der Waals surface area contributed by atoms with Crippen LogP contribution in [0.1, 0.15) is 11.4 Å². The number of nitrogens with zero attached hydrogens (tertiary/aromatic N) is 1. The average molecular weight is 323 g/mol. The molecule has 0 atom stereocenters. The molecule has 1 aliphatic heterocycles. The summed E-state index contributed by atoms with van der Waals surface area (Å²) in [5.41, 5.74) is 2.91. The fraction of sp³-hybridized carbons (Fsp3) is 0.357. The van der Waals surface area contributed by atoms with Gasteiger partial charge in [-0.2, -0.15) is 0 Å². The molecule has 0 unspecified atom stereocenters. The molecule has 1 aromatic heterocycles. The number of rotatable bonds is 3. The van der Waals surface area contributed by atoms with Crippen molar-refractivity contribution in [2.75, 3.05) is 19.8 Å². The van der Waals surface area contributed by atoms with E-state index in [4.69, 9.17) is 4.74 Å². The van der Waals surface area contributed by atoms with Crippen molar-refractivity contribution >= 4 is 15.9 Å². The second kappa shape index (κ2) is 4.74. The van der Waals surface area contributed by atoms with Crippen molar-refractivity contribution in [2.24, 2.45) is 0 Å². The molecular weight excluding hydrogens is 308 g/mol. The fourth-order valence-corrected chi connectivity index (χ4v) is 2.62. The molecule has 3 rings (SSSR count). The van der Waals surface area contributed by atoms with Crippen molar-refractivity contribution in [1.82, 2.24) is 9.97 Å². The number of benzene rings is 1. The van der Waals surface area contributed by atoms with Crippen LogP contribution in [-0.2, 0) is 10.2 Å². The highest BCUT2D eigenvalue weighted by Crippen LogP contribution is 2.32. The van der Waals surface area contributed by atoms with Crippen LogP contribution < -0.4 is 0 Å². The quantitative estimate of drug-likeness (QED) is 0.912. The van der Waals surface area contributed by atoms with Gasteiger partial charge in [-0.1, -0.05) is 22.0 Å². The van der Waals surface area contributed by atoms with Gasteiger partial charge in [-0.15, -0.1) is 0 Å². The first-order valence-corrected chi connectivity index (χ1v) is 6.94. The molecule has 2 heterocycles. The molecule has 0 saturated carbocycles. The number of aromatic nitrogens is 2. The molecule has 0 amide bonds. The summed E-state index contributed by atoms with van der Waals surface area (Å²) in [5.74, 6) is 0.802. The van der Waals surface area contributed by atoms with E-state index in [-0.39, 0.29) is 12.0 Å². The molecular formula is C14H15BrN2O2. The summed E-state index contributed by atoms with van der Waals surface area (Å²) in [4.78, 5) is 7.74. The third-order valence-electron chi connectivity index (χ3n) is 3.63. The lowest BCUT2D eigenvalue weighted by Crippen LogP contribution is -2.50. The Labute approximate surface area is 120 Å². The Morgan fingerprint density at radius 1 is 1.47 bits per heavy atom. The van der Waals surface area contributed by atoms with Crippen LogP contribution in [0, 0.1) is 6.92 Å². The van der Waals surface area contributed by atoms with Crippen LogP contribution in [0.2, 0.25) is 0 Å². The van der Waals surface area contributed by atoms with Crippen LogP contribution in [-0.4, -0.2) is 34.9 Å². The molecule has 1 saturated heterocycles. The Morgan fingerprint density at radius 3 is 2.89 bits per heavy atom. The van der Waals surface area contributed by atoms with Crippen LogP contribution in [0.4, 0.5) is 0 Å². The van der Waals surface area contributed by atoms with E-state index in [9.17, 15) is 5.11 Å². The third kappa shape index (κ3) is 2.12. The van der Waals surface area contributed by atoms with Gasteiger partial charge in [0.05, 0.1) is 37.1 Å². The number of nitrogens with one attached hydrogen (secondary N) is 1. The standard InChI is InChI=1S/C14H15BrN2O2/c1-9-2-3-10(15)4-11(9)12-5-16-13(17-12)14(6-18)7-19-8-14/h2-5,18H,6-8H2,1H3,(H,16,17). The Balaban J connectivity index is 1.99. The van der Waals surface area contributed by atoms with Crippen molar-refractivity contribution in [1.29, 1.82) is 0 Å². The molecule has 100 valence electrons. The maximum Gasteiger partial charge on any atom is 0.119 e. The fourth-order valence-electron chi connectivity index (χ4n) is 2.26. The summed E-state index contributed by atoms with van der Waals surface area (Å²) in [5, 5.41) is 9.52. The number of aromatic amines is 1. The predicted octanol–water partition coefficient (Wildman–Crippen LogP) is 2.41. The highest BCUT2D eigenvalue weighted by Gasteiger charge is 2.42. The Kier molecular flexibility index (Phi) is 3.20. The summed E-state index contributed by atoms with van der Waals surface area (Å²) >= 11 is 3.48. The number of ether oxygens (including phenoxy) is 1. The van der Waals surface area contributed by atoms with Gasteiger partial charge in [0.25, 0.3) is 0 Å². The number of halogens is 1. The summed E-state index contributed by atoms with van der Waals surface area (Å²) in [6.45, 7) is 3.16. The Bertz CT molecular complexity index is 600. The molecule has 0 aliphatic carbocycles. The summed E-state index contributed by atoms with van der Waals surface area (Å²) in [6.07, 6.45) is 1.82. The first-order chi connectivity index (χ1) is 9.14. The minimum absolute atomic E-state index is 0.0530. The lowest BCUT2D eigenvalue weighted by molar-refractivity contribution is -0.0880. The van der Waals surface area contributed by atoms with E-state index < -0.39 is 0 Å². The SMILES string of the molecule is Cc1ccc(Br)cc1-c1cnc(C2(CO)COC2)[nH]1. The van der Waals surface area contributed by atoms with E-state index in [2.05, 4.69) is 45.0 Å². The molecule has 5 heteroatoms. The first-order valence-electron chi connectivity index (χ1n) is 6.15. The molecule has 19 heavy (non-hydrogen) atoms. The van der Waals surface area contributed by atoms with Crippen LogP contribution in [0.15, 0.2) is 28.9 Å². The molecule has 2 N–H and O–H groups in total. The van der Waals surface area contributed by atoms with Crippen LogP contribution in [0.3, 0.4) is 0 Å². The smallest absolute Gasteiger partial charge is 0.119 e. The summed E-state index contributed by atoms with van der Waals surface area (Å²) in [7, 11) is 0. The number of aliphatic hydroxyl groups excluding tert-OH is 1. The Hall–Kier alpha value is -1.17. The van der Waals surface area contributed by atoms with Crippen LogP contribution in [0.5, 0.6) is 0 Å². The van der Waals surface area contributed by atoms with Crippen molar-refractivity contribution in [2.45, 2.75) is 12.3 Å². The zero-order valence-electron chi connectivity index (χ0n) is 10.6. The topological polar surface area (TPSA) is 58.1 Å². The van der Waals surface area contributed by atoms with Gasteiger partial charge in [-0.3, -0.25) is 0 Å². The largest absolute Gasteiger partial charge is 0.395 e. The van der Waals surface area contributed by atoms with E-state index >= 15 is 0 Å². The second-order valence-corrected chi connectivity index (χ2v) is 5.95.